The number of nitrogens with zero attached hydrogens (tertiary/aromatic N) is 3. The summed E-state index contributed by atoms with van der Waals surface area (Å²) in [5.41, 5.74) is 5.04. The lowest BCUT2D eigenvalue weighted by Gasteiger charge is -2.44. The Kier molecular flexibility index (Phi) is 5.20. The van der Waals surface area contributed by atoms with Crippen molar-refractivity contribution in [3.63, 3.8) is 0 Å². The highest BCUT2D eigenvalue weighted by atomic mass is 16.3. The third-order valence-corrected chi connectivity index (χ3v) is 7.43. The van der Waals surface area contributed by atoms with E-state index in [0.29, 0.717) is 5.56 Å². The zero-order valence-corrected chi connectivity index (χ0v) is 19.0. The van der Waals surface area contributed by atoms with Gasteiger partial charge in [-0.15, -0.1) is 0 Å². The van der Waals surface area contributed by atoms with Crippen molar-refractivity contribution in [1.29, 1.82) is 0 Å². The van der Waals surface area contributed by atoms with Gasteiger partial charge in [0.2, 0.25) is 5.91 Å². The van der Waals surface area contributed by atoms with Gasteiger partial charge in [-0.25, -0.2) is 0 Å². The van der Waals surface area contributed by atoms with Crippen LogP contribution in [0.25, 0.3) is 11.1 Å². The third kappa shape index (κ3) is 3.37. The van der Waals surface area contributed by atoms with Crippen LogP contribution in [0.15, 0.2) is 42.5 Å². The van der Waals surface area contributed by atoms with Gasteiger partial charge in [-0.05, 0) is 60.2 Å². The fourth-order valence-electron chi connectivity index (χ4n) is 5.51. The van der Waals surface area contributed by atoms with Gasteiger partial charge in [-0.1, -0.05) is 18.2 Å². The Morgan fingerprint density at radius 1 is 1.03 bits per heavy atom. The summed E-state index contributed by atoms with van der Waals surface area (Å²) in [6.45, 7) is 0.853. The first-order chi connectivity index (χ1) is 15.4. The first kappa shape index (κ1) is 21.0. The number of rotatable bonds is 4. The molecule has 5 rings (SSSR count). The zero-order chi connectivity index (χ0) is 22.6. The van der Waals surface area contributed by atoms with Crippen LogP contribution in [0.5, 0.6) is 0 Å². The Balaban J connectivity index is 1.53. The smallest absolute Gasteiger partial charge is 0.253 e. The Morgan fingerprint density at radius 2 is 1.72 bits per heavy atom. The number of benzene rings is 2. The second kappa shape index (κ2) is 7.93. The molecule has 32 heavy (non-hydrogen) atoms. The molecule has 6 heteroatoms. The molecule has 3 atom stereocenters. The number of carbonyl (C=O) groups is 2. The normalized spacial score (nSPS) is 24.2. The number of hydrogen-bond acceptors (Lipinski definition) is 4. The second-order valence-electron chi connectivity index (χ2n) is 9.61. The van der Waals surface area contributed by atoms with E-state index in [1.165, 1.54) is 5.56 Å². The molecule has 2 aromatic rings. The average molecular weight is 434 g/mol. The Labute approximate surface area is 189 Å². The summed E-state index contributed by atoms with van der Waals surface area (Å²) in [5.74, 6) is 0.688. The third-order valence-electron chi connectivity index (χ3n) is 7.43. The van der Waals surface area contributed by atoms with E-state index in [-0.39, 0.29) is 42.3 Å². The number of aliphatic hydroxyl groups excluding tert-OH is 1. The molecule has 2 amide bonds. The van der Waals surface area contributed by atoms with E-state index in [9.17, 15) is 14.7 Å². The van der Waals surface area contributed by atoms with E-state index in [2.05, 4.69) is 28.0 Å². The van der Waals surface area contributed by atoms with Crippen LogP contribution >= 0.6 is 0 Å². The highest BCUT2D eigenvalue weighted by Gasteiger charge is 2.49. The van der Waals surface area contributed by atoms with Gasteiger partial charge in [-0.2, -0.15) is 0 Å². The number of carbonyl (C=O) groups excluding carboxylic acids is 2. The summed E-state index contributed by atoms with van der Waals surface area (Å²) in [7, 11) is 5.55. The SMILES string of the molecule is CN(C)C(=O)c1ccc(-c2ccc3c(c2)[C@H]2[C@H](CCN2C(=O)C2CC2)[C@@H](CO)N3C)cc1. The van der Waals surface area contributed by atoms with Crippen LogP contribution in [0.3, 0.4) is 0 Å². The lowest BCUT2D eigenvalue weighted by Crippen LogP contribution is -2.48. The standard InChI is InChI=1S/C26H31N3O3/c1-27(2)25(31)17-6-4-16(5-7-17)19-10-11-22-21(14-19)24-20(23(15-30)28(22)3)12-13-29(24)26(32)18-8-9-18/h4-7,10-11,14,18,20,23-24,30H,8-9,12-13,15H2,1-3H3/t20-,23-,24-/m1/s1. The van der Waals surface area contributed by atoms with Gasteiger partial charge in [0.25, 0.3) is 5.91 Å². The largest absolute Gasteiger partial charge is 0.394 e. The average Bonchev–Trinajstić information content (AvgIpc) is 3.57. The van der Waals surface area contributed by atoms with Crippen LogP contribution in [0.2, 0.25) is 0 Å². The summed E-state index contributed by atoms with van der Waals surface area (Å²) in [6, 6.07) is 14.2. The fourth-order valence-corrected chi connectivity index (χ4v) is 5.51. The first-order valence-electron chi connectivity index (χ1n) is 11.5. The minimum absolute atomic E-state index is 0.0123. The van der Waals surface area contributed by atoms with Crippen molar-refractivity contribution in [1.82, 2.24) is 9.80 Å². The number of fused-ring (bicyclic) bond motifs is 3. The maximum Gasteiger partial charge on any atom is 0.253 e. The van der Waals surface area contributed by atoms with E-state index in [4.69, 9.17) is 0 Å². The maximum atomic E-state index is 13.1. The molecule has 0 aromatic heterocycles. The van der Waals surface area contributed by atoms with Gasteiger partial charge >= 0.3 is 0 Å². The van der Waals surface area contributed by atoms with Crippen LogP contribution in [-0.2, 0) is 4.79 Å². The van der Waals surface area contributed by atoms with E-state index >= 15 is 0 Å². The van der Waals surface area contributed by atoms with Crippen LogP contribution in [-0.4, -0.2) is 67.1 Å². The minimum Gasteiger partial charge on any atom is -0.394 e. The van der Waals surface area contributed by atoms with Gasteiger partial charge in [0.1, 0.15) is 0 Å². The number of amides is 2. The fraction of sp³-hybridized carbons (Fsp3) is 0.462. The monoisotopic (exact) mass is 433 g/mol. The first-order valence-corrected chi connectivity index (χ1v) is 11.5. The lowest BCUT2D eigenvalue weighted by atomic mass is 9.81. The summed E-state index contributed by atoms with van der Waals surface area (Å²) >= 11 is 0. The number of anilines is 1. The topological polar surface area (TPSA) is 64.1 Å². The van der Waals surface area contributed by atoms with Crippen molar-refractivity contribution < 1.29 is 14.7 Å². The predicted octanol–water partition coefficient (Wildman–Crippen LogP) is 3.17. The molecule has 1 saturated heterocycles. The number of likely N-dealkylation sites (tertiary alicyclic amines) is 1. The van der Waals surface area contributed by atoms with Gasteiger partial charge in [0, 0.05) is 50.8 Å². The van der Waals surface area contributed by atoms with E-state index in [1.54, 1.807) is 19.0 Å². The van der Waals surface area contributed by atoms with E-state index in [1.807, 2.05) is 31.3 Å². The summed E-state index contributed by atoms with van der Waals surface area (Å²) in [6.07, 6.45) is 2.92. The van der Waals surface area contributed by atoms with Crippen LogP contribution in [0.4, 0.5) is 5.69 Å². The Morgan fingerprint density at radius 3 is 2.34 bits per heavy atom. The van der Waals surface area contributed by atoms with Crippen LogP contribution in [0, 0.1) is 11.8 Å². The maximum absolute atomic E-state index is 13.1. The van der Waals surface area contributed by atoms with Crippen LogP contribution in [0.1, 0.15) is 41.2 Å². The predicted molar refractivity (Wildman–Crippen MR) is 124 cm³/mol. The molecule has 2 heterocycles. The van der Waals surface area contributed by atoms with Crippen molar-refractivity contribution in [3.05, 3.63) is 53.6 Å². The van der Waals surface area contributed by atoms with Crippen LogP contribution < -0.4 is 4.90 Å². The van der Waals surface area contributed by atoms with Gasteiger partial charge < -0.3 is 19.8 Å². The van der Waals surface area contributed by atoms with Crippen molar-refractivity contribution >= 4 is 17.5 Å². The number of likely N-dealkylation sites (N-methyl/N-ethyl adjacent to an activating group) is 1. The van der Waals surface area contributed by atoms with E-state index < -0.39 is 0 Å². The quantitative estimate of drug-likeness (QED) is 0.805. The number of aliphatic hydroxyl groups is 1. The Hall–Kier alpha value is -2.86. The molecule has 0 bridgehead atoms. The van der Waals surface area contributed by atoms with Crippen molar-refractivity contribution in [2.24, 2.45) is 11.8 Å². The molecule has 6 nitrogen and oxygen atoms in total. The summed E-state index contributed by atoms with van der Waals surface area (Å²) in [4.78, 5) is 31.1. The van der Waals surface area contributed by atoms with Gasteiger partial charge in [0.05, 0.1) is 18.7 Å². The highest BCUT2D eigenvalue weighted by molar-refractivity contribution is 5.94. The van der Waals surface area contributed by atoms with Crippen molar-refractivity contribution in [3.8, 4) is 11.1 Å². The molecule has 2 fully saturated rings. The summed E-state index contributed by atoms with van der Waals surface area (Å²) < 4.78 is 0. The molecular formula is C26H31N3O3. The zero-order valence-electron chi connectivity index (χ0n) is 19.0. The minimum atomic E-state index is -0.0123. The molecule has 0 unspecified atom stereocenters. The lowest BCUT2D eigenvalue weighted by molar-refractivity contribution is -0.134. The molecule has 168 valence electrons. The molecule has 0 spiro atoms. The van der Waals surface area contributed by atoms with Gasteiger partial charge in [0.15, 0.2) is 0 Å². The summed E-state index contributed by atoms with van der Waals surface area (Å²) in [5, 5.41) is 10.1. The molecule has 2 aliphatic heterocycles. The molecule has 1 N–H and O–H groups in total. The van der Waals surface area contributed by atoms with Gasteiger partial charge in [-0.3, -0.25) is 9.59 Å². The molecule has 1 saturated carbocycles. The molecule has 2 aromatic carbocycles. The molecular weight excluding hydrogens is 402 g/mol. The highest BCUT2D eigenvalue weighted by Crippen LogP contribution is 2.50. The Bertz CT molecular complexity index is 1040. The van der Waals surface area contributed by atoms with Crippen molar-refractivity contribution in [2.75, 3.05) is 39.2 Å². The number of hydrogen-bond donors (Lipinski definition) is 1. The molecule has 1 aliphatic carbocycles. The second-order valence-corrected chi connectivity index (χ2v) is 9.61. The van der Waals surface area contributed by atoms with Crippen molar-refractivity contribution in [2.45, 2.75) is 31.3 Å². The van der Waals surface area contributed by atoms with E-state index in [0.717, 1.165) is 42.6 Å². The molecule has 0 radical (unpaired) electrons. The molecule has 3 aliphatic rings.